The van der Waals surface area contributed by atoms with E-state index in [2.05, 4.69) is 0 Å². The van der Waals surface area contributed by atoms with Gasteiger partial charge in [0.05, 0.1) is 18.5 Å². The number of hydrogen-bond acceptors (Lipinski definition) is 3. The van der Waals surface area contributed by atoms with Crippen molar-refractivity contribution in [3.8, 4) is 11.1 Å². The van der Waals surface area contributed by atoms with E-state index in [1.165, 1.54) is 0 Å². The Morgan fingerprint density at radius 2 is 1.66 bits per heavy atom. The Hall–Kier alpha value is -3.18. The summed E-state index contributed by atoms with van der Waals surface area (Å²) in [5.74, 6) is -0.896. The second-order valence-electron chi connectivity index (χ2n) is 8.12. The summed E-state index contributed by atoms with van der Waals surface area (Å²) in [5, 5.41) is 12.2. The van der Waals surface area contributed by atoms with Gasteiger partial charge >= 0.3 is 5.97 Å². The van der Waals surface area contributed by atoms with Crippen molar-refractivity contribution >= 4 is 29.0 Å². The summed E-state index contributed by atoms with van der Waals surface area (Å²) in [5.41, 5.74) is 6.30. The zero-order chi connectivity index (χ0) is 23.6. The van der Waals surface area contributed by atoms with Gasteiger partial charge in [-0.1, -0.05) is 42.0 Å². The molecule has 168 valence electrons. The summed E-state index contributed by atoms with van der Waals surface area (Å²) >= 11 is 0. The lowest BCUT2D eigenvalue weighted by molar-refractivity contribution is -0.136. The first-order valence-electron chi connectivity index (χ1n) is 10.9. The molecule has 0 saturated carbocycles. The molecule has 0 aliphatic heterocycles. The van der Waals surface area contributed by atoms with E-state index in [9.17, 15) is 14.7 Å². The summed E-state index contributed by atoms with van der Waals surface area (Å²) in [6, 6.07) is 8.15. The van der Waals surface area contributed by atoms with Gasteiger partial charge in [0, 0.05) is 24.3 Å². The van der Waals surface area contributed by atoms with Crippen LogP contribution in [-0.4, -0.2) is 29.4 Å². The fourth-order valence-corrected chi connectivity index (χ4v) is 4.67. The number of aromatic nitrogens is 1. The number of aryl methyl sites for hydroxylation is 3. The van der Waals surface area contributed by atoms with Crippen molar-refractivity contribution in [3.05, 3.63) is 67.3 Å². The molecule has 5 nitrogen and oxygen atoms in total. The molecular weight excluding hydrogens is 402 g/mol. The maximum Gasteiger partial charge on any atom is 0.307 e. The van der Waals surface area contributed by atoms with Crippen LogP contribution < -0.4 is 16.0 Å². The molecule has 0 aliphatic rings. The number of fused-ring (bicyclic) bond motifs is 1. The monoisotopic (exact) mass is 433 g/mol. The predicted molar refractivity (Wildman–Crippen MR) is 131 cm³/mol. The first-order valence-corrected chi connectivity index (χ1v) is 10.9. The number of hydrogen-bond donors (Lipinski definition) is 1. The number of pyridine rings is 1. The summed E-state index contributed by atoms with van der Waals surface area (Å²) in [6.45, 7) is 10.6. The van der Waals surface area contributed by atoms with Crippen LogP contribution in [-0.2, 0) is 22.5 Å². The maximum absolute atomic E-state index is 13.4. The first kappa shape index (κ1) is 23.5. The normalized spacial score (nSPS) is 12.7. The summed E-state index contributed by atoms with van der Waals surface area (Å²) in [4.78, 5) is 25.3. The van der Waals surface area contributed by atoms with Crippen LogP contribution in [0.4, 0.5) is 0 Å². The molecule has 0 amide bonds. The molecular formula is C27H31NO4. The molecule has 1 heterocycles. The summed E-state index contributed by atoms with van der Waals surface area (Å²) in [7, 11) is 1.61. The van der Waals surface area contributed by atoms with Gasteiger partial charge < -0.3 is 14.4 Å². The zero-order valence-electron chi connectivity index (χ0n) is 19.7. The van der Waals surface area contributed by atoms with E-state index in [0.717, 1.165) is 49.5 Å². The van der Waals surface area contributed by atoms with Gasteiger partial charge in [-0.2, -0.15) is 0 Å². The Labute approximate surface area is 188 Å². The molecule has 0 fully saturated rings. The number of methoxy groups -OCH3 is 1. The highest BCUT2D eigenvalue weighted by molar-refractivity contribution is 5.96. The molecule has 5 heteroatoms. The molecule has 3 aromatic rings. The molecule has 0 radical (unpaired) electrons. The van der Waals surface area contributed by atoms with Gasteiger partial charge in [0.15, 0.2) is 0 Å². The van der Waals surface area contributed by atoms with E-state index in [0.29, 0.717) is 18.4 Å². The van der Waals surface area contributed by atoms with Crippen LogP contribution in [0.2, 0.25) is 0 Å². The highest BCUT2D eigenvalue weighted by Crippen LogP contribution is 2.35. The SMILES string of the molecule is C/C=c1\c(=C/C)c(=O)n(CCOC)c2c(C)c(CC(=O)O)c(-c3ccc(C)cc3)c(C)c12. The maximum atomic E-state index is 13.4. The summed E-state index contributed by atoms with van der Waals surface area (Å²) in [6.07, 6.45) is 3.71. The number of carbonyl (C=O) groups is 1. The highest BCUT2D eigenvalue weighted by Gasteiger charge is 2.22. The molecule has 0 spiro atoms. The second kappa shape index (κ2) is 9.53. The molecule has 32 heavy (non-hydrogen) atoms. The zero-order valence-corrected chi connectivity index (χ0v) is 19.7. The first-order chi connectivity index (χ1) is 15.3. The molecule has 0 unspecified atom stereocenters. The molecule has 0 aliphatic carbocycles. The van der Waals surface area contributed by atoms with Crippen molar-refractivity contribution < 1.29 is 14.6 Å². The Balaban J connectivity index is 2.66. The van der Waals surface area contributed by atoms with Crippen molar-refractivity contribution in [2.75, 3.05) is 13.7 Å². The van der Waals surface area contributed by atoms with Gasteiger partial charge in [0.1, 0.15) is 0 Å². The minimum atomic E-state index is -0.896. The lowest BCUT2D eigenvalue weighted by atomic mass is 9.86. The second-order valence-corrected chi connectivity index (χ2v) is 8.12. The minimum absolute atomic E-state index is 0.0861. The third kappa shape index (κ3) is 4.00. The summed E-state index contributed by atoms with van der Waals surface area (Å²) < 4.78 is 7.02. The van der Waals surface area contributed by atoms with E-state index >= 15 is 0 Å². The fraction of sp³-hybridized carbons (Fsp3) is 0.333. The number of carboxylic acid groups (broad SMARTS) is 1. The van der Waals surface area contributed by atoms with Crippen LogP contribution in [0, 0.1) is 20.8 Å². The quantitative estimate of drug-likeness (QED) is 0.646. The van der Waals surface area contributed by atoms with Crippen LogP contribution in [0.1, 0.15) is 36.1 Å². The molecule has 1 aromatic heterocycles. The van der Waals surface area contributed by atoms with Crippen LogP contribution in [0.15, 0.2) is 29.1 Å². The van der Waals surface area contributed by atoms with E-state index in [1.807, 2.05) is 71.0 Å². The third-order valence-corrected chi connectivity index (χ3v) is 6.17. The average Bonchev–Trinajstić information content (AvgIpc) is 2.76. The lowest BCUT2D eigenvalue weighted by Crippen LogP contribution is -2.46. The van der Waals surface area contributed by atoms with Crippen molar-refractivity contribution in [1.29, 1.82) is 0 Å². The standard InChI is InChI=1S/C27H31NO4/c1-7-20-21(8-2)27(31)28(13-14-32-6)26-17(4)22(15-23(29)30)24(18(5)25(20)26)19-11-9-16(3)10-12-19/h7-12H,13-15H2,1-6H3,(H,29,30)/b20-7+,21-8+. The van der Waals surface area contributed by atoms with Gasteiger partial charge in [-0.25, -0.2) is 0 Å². The Bertz CT molecular complexity index is 1360. The molecule has 2 aromatic carbocycles. The van der Waals surface area contributed by atoms with Crippen molar-refractivity contribution in [2.45, 2.75) is 47.6 Å². The number of benzene rings is 2. The molecule has 0 bridgehead atoms. The number of ether oxygens (including phenoxy) is 1. The topological polar surface area (TPSA) is 68.5 Å². The van der Waals surface area contributed by atoms with Crippen LogP contribution in [0.5, 0.6) is 0 Å². The molecule has 3 rings (SSSR count). The van der Waals surface area contributed by atoms with Crippen molar-refractivity contribution in [3.63, 3.8) is 0 Å². The highest BCUT2D eigenvalue weighted by atomic mass is 16.5. The van der Waals surface area contributed by atoms with Gasteiger partial charge in [0.25, 0.3) is 5.56 Å². The van der Waals surface area contributed by atoms with E-state index in [4.69, 9.17) is 4.74 Å². The number of nitrogens with zero attached hydrogens (tertiary/aromatic N) is 1. The van der Waals surface area contributed by atoms with Gasteiger partial charge in [0.2, 0.25) is 0 Å². The Morgan fingerprint density at radius 3 is 2.19 bits per heavy atom. The third-order valence-electron chi connectivity index (χ3n) is 6.17. The Morgan fingerprint density at radius 1 is 1.03 bits per heavy atom. The Kier molecular flexibility index (Phi) is 6.99. The van der Waals surface area contributed by atoms with Gasteiger partial charge in [-0.05, 0) is 67.7 Å². The number of aliphatic carboxylic acids is 1. The lowest BCUT2D eigenvalue weighted by Gasteiger charge is -2.22. The van der Waals surface area contributed by atoms with E-state index in [-0.39, 0.29) is 12.0 Å². The average molecular weight is 434 g/mol. The molecule has 0 saturated heterocycles. The van der Waals surface area contributed by atoms with Crippen LogP contribution in [0.3, 0.4) is 0 Å². The molecule has 0 atom stereocenters. The minimum Gasteiger partial charge on any atom is -0.481 e. The number of rotatable bonds is 6. The molecule has 1 N–H and O–H groups in total. The van der Waals surface area contributed by atoms with Gasteiger partial charge in [-0.3, -0.25) is 9.59 Å². The smallest absolute Gasteiger partial charge is 0.307 e. The largest absolute Gasteiger partial charge is 0.481 e. The fourth-order valence-electron chi connectivity index (χ4n) is 4.67. The van der Waals surface area contributed by atoms with Gasteiger partial charge in [-0.15, -0.1) is 0 Å². The van der Waals surface area contributed by atoms with Crippen molar-refractivity contribution in [1.82, 2.24) is 4.57 Å². The van der Waals surface area contributed by atoms with Crippen LogP contribution in [0.25, 0.3) is 34.2 Å². The van der Waals surface area contributed by atoms with Crippen molar-refractivity contribution in [2.24, 2.45) is 0 Å². The number of carboxylic acids is 1. The van der Waals surface area contributed by atoms with E-state index < -0.39 is 5.97 Å². The predicted octanol–water partition coefficient (Wildman–Crippen LogP) is 3.47. The van der Waals surface area contributed by atoms with E-state index in [1.54, 1.807) is 11.7 Å². The van der Waals surface area contributed by atoms with Crippen LogP contribution >= 0.6 is 0 Å².